The molecule has 1 aromatic rings. The van der Waals surface area contributed by atoms with Gasteiger partial charge < -0.3 is 10.2 Å². The number of hydrogen-bond acceptors (Lipinski definition) is 3. The Balaban J connectivity index is 1.77. The van der Waals surface area contributed by atoms with Gasteiger partial charge >= 0.3 is 0 Å². The molecule has 19 heavy (non-hydrogen) atoms. The minimum Gasteiger partial charge on any atom is -0.371 e. The van der Waals surface area contributed by atoms with E-state index in [9.17, 15) is 0 Å². The standard InChI is InChI=1S/C16H25N3/c1-13-10-16(19-8-4-2-3-5-9-19)14(11-17-13)12-18-15-6-7-15/h10-11,15,18H,2-9,12H2,1H3. The number of anilines is 1. The lowest BCUT2D eigenvalue weighted by Crippen LogP contribution is -2.27. The molecular formula is C16H25N3. The molecular weight excluding hydrogens is 234 g/mol. The van der Waals surface area contributed by atoms with E-state index in [-0.39, 0.29) is 0 Å². The van der Waals surface area contributed by atoms with Crippen molar-refractivity contribution in [3.8, 4) is 0 Å². The Hall–Kier alpha value is -1.09. The number of pyridine rings is 1. The molecule has 1 aliphatic carbocycles. The van der Waals surface area contributed by atoms with E-state index in [0.717, 1.165) is 18.3 Å². The van der Waals surface area contributed by atoms with Crippen LogP contribution in [0.4, 0.5) is 5.69 Å². The summed E-state index contributed by atoms with van der Waals surface area (Å²) in [5, 5.41) is 3.62. The first kappa shape index (κ1) is 12.9. The van der Waals surface area contributed by atoms with Crippen molar-refractivity contribution < 1.29 is 0 Å². The van der Waals surface area contributed by atoms with Crippen molar-refractivity contribution in [2.24, 2.45) is 0 Å². The number of nitrogens with zero attached hydrogens (tertiary/aromatic N) is 2. The lowest BCUT2D eigenvalue weighted by molar-refractivity contribution is 0.679. The lowest BCUT2D eigenvalue weighted by Gasteiger charge is -2.26. The molecule has 2 heterocycles. The molecule has 0 amide bonds. The SMILES string of the molecule is Cc1cc(N2CCCCCC2)c(CNC2CC2)cn1. The molecule has 104 valence electrons. The summed E-state index contributed by atoms with van der Waals surface area (Å²) in [5.74, 6) is 0. The van der Waals surface area contributed by atoms with Gasteiger partial charge in [0, 0.05) is 48.8 Å². The summed E-state index contributed by atoms with van der Waals surface area (Å²) in [4.78, 5) is 7.06. The van der Waals surface area contributed by atoms with Gasteiger partial charge in [0.1, 0.15) is 0 Å². The van der Waals surface area contributed by atoms with E-state index in [2.05, 4.69) is 34.4 Å². The van der Waals surface area contributed by atoms with Crippen LogP contribution in [0.1, 0.15) is 49.8 Å². The maximum Gasteiger partial charge on any atom is 0.0445 e. The van der Waals surface area contributed by atoms with Gasteiger partial charge in [-0.15, -0.1) is 0 Å². The summed E-state index contributed by atoms with van der Waals surface area (Å²) in [6.45, 7) is 5.49. The van der Waals surface area contributed by atoms with Crippen molar-refractivity contribution in [2.45, 2.75) is 58.0 Å². The summed E-state index contributed by atoms with van der Waals surface area (Å²) in [5.41, 5.74) is 3.93. The first-order chi connectivity index (χ1) is 9.33. The van der Waals surface area contributed by atoms with Gasteiger partial charge in [-0.3, -0.25) is 4.98 Å². The van der Waals surface area contributed by atoms with Gasteiger partial charge in [-0.25, -0.2) is 0 Å². The Morgan fingerprint density at radius 1 is 1.21 bits per heavy atom. The molecule has 2 fully saturated rings. The third-order valence-electron chi connectivity index (χ3n) is 4.20. The third-order valence-corrected chi connectivity index (χ3v) is 4.20. The molecule has 0 aromatic carbocycles. The van der Waals surface area contributed by atoms with Crippen LogP contribution in [0, 0.1) is 6.92 Å². The highest BCUT2D eigenvalue weighted by atomic mass is 15.1. The molecule has 3 rings (SSSR count). The van der Waals surface area contributed by atoms with Crippen LogP contribution in [0.15, 0.2) is 12.3 Å². The minimum absolute atomic E-state index is 0.762. The molecule has 2 aliphatic rings. The van der Waals surface area contributed by atoms with Crippen LogP contribution < -0.4 is 10.2 Å². The molecule has 0 atom stereocenters. The molecule has 0 bridgehead atoms. The Morgan fingerprint density at radius 3 is 2.63 bits per heavy atom. The summed E-state index contributed by atoms with van der Waals surface area (Å²) in [7, 11) is 0. The number of rotatable bonds is 4. The molecule has 0 unspecified atom stereocenters. The van der Waals surface area contributed by atoms with E-state index in [1.165, 1.54) is 62.9 Å². The van der Waals surface area contributed by atoms with Crippen molar-refractivity contribution in [1.82, 2.24) is 10.3 Å². The predicted octanol–water partition coefficient (Wildman–Crippen LogP) is 3.02. The van der Waals surface area contributed by atoms with Crippen LogP contribution >= 0.6 is 0 Å². The molecule has 1 saturated heterocycles. The first-order valence-electron chi connectivity index (χ1n) is 7.77. The van der Waals surface area contributed by atoms with Crippen molar-refractivity contribution in [3.05, 3.63) is 23.5 Å². The molecule has 3 nitrogen and oxygen atoms in total. The van der Waals surface area contributed by atoms with E-state index in [0.29, 0.717) is 0 Å². The van der Waals surface area contributed by atoms with E-state index in [4.69, 9.17) is 0 Å². The lowest BCUT2D eigenvalue weighted by atomic mass is 10.1. The summed E-state index contributed by atoms with van der Waals surface area (Å²) >= 11 is 0. The van der Waals surface area contributed by atoms with Crippen molar-refractivity contribution in [1.29, 1.82) is 0 Å². The maximum atomic E-state index is 4.49. The van der Waals surface area contributed by atoms with Crippen LogP contribution in [0.3, 0.4) is 0 Å². The summed E-state index contributed by atoms with van der Waals surface area (Å²) in [6.07, 6.45) is 10.2. The van der Waals surface area contributed by atoms with Gasteiger partial charge in [0.25, 0.3) is 0 Å². The topological polar surface area (TPSA) is 28.2 Å². The average Bonchev–Trinajstić information content (AvgIpc) is 3.24. The number of nitrogens with one attached hydrogen (secondary N) is 1. The monoisotopic (exact) mass is 259 g/mol. The zero-order valence-electron chi connectivity index (χ0n) is 12.0. The molecule has 3 heteroatoms. The van der Waals surface area contributed by atoms with Crippen LogP contribution in [0.25, 0.3) is 0 Å². The number of aromatic nitrogens is 1. The van der Waals surface area contributed by atoms with Crippen LogP contribution in [0.2, 0.25) is 0 Å². The highest BCUT2D eigenvalue weighted by Gasteiger charge is 2.21. The van der Waals surface area contributed by atoms with Gasteiger partial charge in [0.2, 0.25) is 0 Å². The molecule has 0 radical (unpaired) electrons. The van der Waals surface area contributed by atoms with Crippen molar-refractivity contribution >= 4 is 5.69 Å². The fourth-order valence-corrected chi connectivity index (χ4v) is 2.86. The zero-order chi connectivity index (χ0) is 13.1. The minimum atomic E-state index is 0.762. The van der Waals surface area contributed by atoms with Gasteiger partial charge in [0.05, 0.1) is 0 Å². The normalized spacial score (nSPS) is 20.4. The second kappa shape index (κ2) is 5.91. The molecule has 1 aromatic heterocycles. The Kier molecular flexibility index (Phi) is 4.02. The molecule has 1 saturated carbocycles. The Labute approximate surface area is 116 Å². The van der Waals surface area contributed by atoms with Gasteiger partial charge in [-0.2, -0.15) is 0 Å². The summed E-state index contributed by atoms with van der Waals surface area (Å²) < 4.78 is 0. The van der Waals surface area contributed by atoms with Crippen molar-refractivity contribution in [2.75, 3.05) is 18.0 Å². The number of aryl methyl sites for hydroxylation is 1. The van der Waals surface area contributed by atoms with Crippen LogP contribution in [-0.4, -0.2) is 24.1 Å². The van der Waals surface area contributed by atoms with Gasteiger partial charge in [0.15, 0.2) is 0 Å². The third kappa shape index (κ3) is 3.47. The van der Waals surface area contributed by atoms with Gasteiger partial charge in [-0.1, -0.05) is 12.8 Å². The second-order valence-electron chi connectivity index (χ2n) is 6.01. The second-order valence-corrected chi connectivity index (χ2v) is 6.01. The van der Waals surface area contributed by atoms with E-state index in [1.54, 1.807) is 0 Å². The number of hydrogen-bond donors (Lipinski definition) is 1. The zero-order valence-corrected chi connectivity index (χ0v) is 12.0. The summed E-state index contributed by atoms with van der Waals surface area (Å²) in [6, 6.07) is 3.04. The van der Waals surface area contributed by atoms with Crippen molar-refractivity contribution in [3.63, 3.8) is 0 Å². The highest BCUT2D eigenvalue weighted by Crippen LogP contribution is 2.26. The van der Waals surface area contributed by atoms with E-state index < -0.39 is 0 Å². The Morgan fingerprint density at radius 2 is 1.95 bits per heavy atom. The molecule has 1 aliphatic heterocycles. The Bertz CT molecular complexity index is 418. The largest absolute Gasteiger partial charge is 0.371 e. The van der Waals surface area contributed by atoms with Gasteiger partial charge in [-0.05, 0) is 38.7 Å². The molecule has 0 spiro atoms. The van der Waals surface area contributed by atoms with E-state index in [1.807, 2.05) is 0 Å². The first-order valence-corrected chi connectivity index (χ1v) is 7.77. The maximum absolute atomic E-state index is 4.49. The highest BCUT2D eigenvalue weighted by molar-refractivity contribution is 5.53. The van der Waals surface area contributed by atoms with Crippen LogP contribution in [0.5, 0.6) is 0 Å². The smallest absolute Gasteiger partial charge is 0.0445 e. The predicted molar refractivity (Wildman–Crippen MR) is 79.5 cm³/mol. The average molecular weight is 259 g/mol. The molecule has 1 N–H and O–H groups in total. The fraction of sp³-hybridized carbons (Fsp3) is 0.688. The van der Waals surface area contributed by atoms with Crippen LogP contribution in [-0.2, 0) is 6.54 Å². The van der Waals surface area contributed by atoms with E-state index >= 15 is 0 Å². The fourth-order valence-electron chi connectivity index (χ4n) is 2.86. The quantitative estimate of drug-likeness (QED) is 0.901.